The fourth-order valence-corrected chi connectivity index (χ4v) is 3.73. The van der Waals surface area contributed by atoms with Gasteiger partial charge in [0, 0.05) is 12.3 Å². The molecule has 11 nitrogen and oxygen atoms in total. The molecule has 0 saturated carbocycles. The monoisotopic (exact) mass is 463 g/mol. The van der Waals surface area contributed by atoms with E-state index in [1.165, 1.54) is 6.20 Å². The number of hydrogen-bond acceptors (Lipinski definition) is 9. The summed E-state index contributed by atoms with van der Waals surface area (Å²) in [6.07, 6.45) is 1.38. The maximum Gasteiger partial charge on any atom is 0.334 e. The molecule has 0 radical (unpaired) electrons. The van der Waals surface area contributed by atoms with Gasteiger partial charge in [0.2, 0.25) is 12.7 Å². The number of methoxy groups -OCH3 is 2. The van der Waals surface area contributed by atoms with E-state index >= 15 is 0 Å². The Hall–Kier alpha value is -4.54. The van der Waals surface area contributed by atoms with E-state index in [0.29, 0.717) is 28.7 Å². The van der Waals surface area contributed by atoms with Crippen molar-refractivity contribution in [3.8, 4) is 28.7 Å². The van der Waals surface area contributed by atoms with Crippen LogP contribution in [0.25, 0.3) is 16.7 Å². The number of aromatic amines is 1. The highest BCUT2D eigenvalue weighted by atomic mass is 16.7. The lowest BCUT2D eigenvalue weighted by molar-refractivity contribution is 0.174. The lowest BCUT2D eigenvalue weighted by Crippen LogP contribution is -2.34. The first kappa shape index (κ1) is 21.3. The van der Waals surface area contributed by atoms with Crippen molar-refractivity contribution >= 4 is 17.0 Å². The van der Waals surface area contributed by atoms with Crippen LogP contribution in [0.5, 0.6) is 23.0 Å². The highest BCUT2D eigenvalue weighted by Crippen LogP contribution is 2.33. The van der Waals surface area contributed by atoms with Crippen molar-refractivity contribution in [2.75, 3.05) is 26.3 Å². The largest absolute Gasteiger partial charge is 0.493 e. The van der Waals surface area contributed by atoms with Gasteiger partial charge in [-0.25, -0.2) is 14.3 Å². The van der Waals surface area contributed by atoms with Gasteiger partial charge in [0.15, 0.2) is 28.6 Å². The first-order valence-corrected chi connectivity index (χ1v) is 10.4. The van der Waals surface area contributed by atoms with Crippen molar-refractivity contribution in [2.45, 2.75) is 13.0 Å². The summed E-state index contributed by atoms with van der Waals surface area (Å²) in [4.78, 5) is 37.1. The van der Waals surface area contributed by atoms with Crippen LogP contribution in [0.4, 0.5) is 5.95 Å². The molecule has 1 aliphatic heterocycles. The summed E-state index contributed by atoms with van der Waals surface area (Å²) in [6.45, 7) is 2.02. The van der Waals surface area contributed by atoms with Gasteiger partial charge in [-0.1, -0.05) is 6.07 Å². The Balaban J connectivity index is 1.47. The van der Waals surface area contributed by atoms with Gasteiger partial charge in [-0.05, 0) is 36.8 Å². The normalized spacial score (nSPS) is 13.0. The molecule has 11 heteroatoms. The van der Waals surface area contributed by atoms with Crippen LogP contribution in [0, 0.1) is 0 Å². The zero-order chi connectivity index (χ0) is 23.8. The third-order valence-electron chi connectivity index (χ3n) is 5.52. The average molecular weight is 463 g/mol. The summed E-state index contributed by atoms with van der Waals surface area (Å²) in [6, 6.07) is 10.2. The van der Waals surface area contributed by atoms with Crippen LogP contribution in [-0.2, 0) is 0 Å². The second kappa shape index (κ2) is 8.43. The number of nitrogens with one attached hydrogen (secondary N) is 2. The highest BCUT2D eigenvalue weighted by Gasteiger charge is 2.18. The molecule has 34 heavy (non-hydrogen) atoms. The van der Waals surface area contributed by atoms with Gasteiger partial charge < -0.3 is 24.3 Å². The molecule has 0 saturated heterocycles. The van der Waals surface area contributed by atoms with Crippen molar-refractivity contribution in [1.82, 2.24) is 19.5 Å². The number of benzene rings is 2. The van der Waals surface area contributed by atoms with Gasteiger partial charge in [-0.3, -0.25) is 9.78 Å². The fourth-order valence-electron chi connectivity index (χ4n) is 3.73. The van der Waals surface area contributed by atoms with E-state index in [-0.39, 0.29) is 29.8 Å². The van der Waals surface area contributed by atoms with Gasteiger partial charge >= 0.3 is 5.69 Å². The first-order valence-electron chi connectivity index (χ1n) is 10.4. The third-order valence-corrected chi connectivity index (χ3v) is 5.52. The molecule has 1 aliphatic rings. The molecule has 2 aromatic heterocycles. The molecule has 4 aromatic rings. The number of fused-ring (bicyclic) bond motifs is 2. The van der Waals surface area contributed by atoms with Crippen LogP contribution in [0.1, 0.15) is 18.5 Å². The smallest absolute Gasteiger partial charge is 0.334 e. The maximum atomic E-state index is 13.1. The Kier molecular flexibility index (Phi) is 5.28. The lowest BCUT2D eigenvalue weighted by atomic mass is 10.1. The topological polar surface area (TPSA) is 130 Å². The zero-order valence-electron chi connectivity index (χ0n) is 18.6. The molecule has 2 aromatic carbocycles. The number of anilines is 1. The van der Waals surface area contributed by atoms with E-state index in [0.717, 1.165) is 10.1 Å². The number of hydrogen-bond donors (Lipinski definition) is 2. The molecular weight excluding hydrogens is 442 g/mol. The van der Waals surface area contributed by atoms with Gasteiger partial charge in [0.25, 0.3) is 5.56 Å². The van der Waals surface area contributed by atoms with Crippen LogP contribution in [0.15, 0.2) is 52.2 Å². The van der Waals surface area contributed by atoms with Gasteiger partial charge in [0.1, 0.15) is 5.39 Å². The second-order valence-corrected chi connectivity index (χ2v) is 7.54. The Labute approximate surface area is 192 Å². The van der Waals surface area contributed by atoms with E-state index in [9.17, 15) is 9.59 Å². The van der Waals surface area contributed by atoms with Crippen LogP contribution < -0.4 is 35.5 Å². The molecule has 0 aliphatic carbocycles. The molecule has 1 atom stereocenters. The highest BCUT2D eigenvalue weighted by molar-refractivity contribution is 5.73. The summed E-state index contributed by atoms with van der Waals surface area (Å²) in [5.74, 6) is 2.49. The van der Waals surface area contributed by atoms with Crippen molar-refractivity contribution in [1.29, 1.82) is 0 Å². The van der Waals surface area contributed by atoms with Crippen LogP contribution in [0.2, 0.25) is 0 Å². The summed E-state index contributed by atoms with van der Waals surface area (Å²) in [7, 11) is 3.14. The van der Waals surface area contributed by atoms with Crippen molar-refractivity contribution < 1.29 is 18.9 Å². The summed E-state index contributed by atoms with van der Waals surface area (Å²) < 4.78 is 22.3. The Bertz CT molecular complexity index is 1510. The molecule has 2 N–H and O–H groups in total. The fraction of sp³-hybridized carbons (Fsp3) is 0.217. The van der Waals surface area contributed by atoms with E-state index in [4.69, 9.17) is 18.9 Å². The van der Waals surface area contributed by atoms with E-state index < -0.39 is 11.2 Å². The minimum absolute atomic E-state index is 0.0904. The van der Waals surface area contributed by atoms with E-state index in [1.807, 2.05) is 25.1 Å². The summed E-state index contributed by atoms with van der Waals surface area (Å²) >= 11 is 0. The molecule has 0 fully saturated rings. The van der Waals surface area contributed by atoms with Crippen LogP contribution >= 0.6 is 0 Å². The van der Waals surface area contributed by atoms with Crippen LogP contribution in [0.3, 0.4) is 0 Å². The number of H-pyrrole nitrogens is 1. The molecule has 0 spiro atoms. The minimum Gasteiger partial charge on any atom is -0.493 e. The Morgan fingerprint density at radius 2 is 1.85 bits per heavy atom. The number of nitrogens with zero attached hydrogens (tertiary/aromatic N) is 3. The number of rotatable bonds is 6. The Morgan fingerprint density at radius 3 is 2.65 bits per heavy atom. The van der Waals surface area contributed by atoms with Gasteiger partial charge in [-0.15, -0.1) is 0 Å². The number of ether oxygens (including phenoxy) is 4. The molecular formula is C23H21N5O6. The molecule has 174 valence electrons. The van der Waals surface area contributed by atoms with Crippen molar-refractivity contribution in [3.63, 3.8) is 0 Å². The summed E-state index contributed by atoms with van der Waals surface area (Å²) in [5.41, 5.74) is 0.213. The van der Waals surface area contributed by atoms with Gasteiger partial charge in [-0.2, -0.15) is 4.98 Å². The Morgan fingerprint density at radius 1 is 1.06 bits per heavy atom. The van der Waals surface area contributed by atoms with E-state index in [2.05, 4.69) is 20.3 Å². The summed E-state index contributed by atoms with van der Waals surface area (Å²) in [5, 5.41) is 3.34. The molecule has 0 amide bonds. The van der Waals surface area contributed by atoms with Gasteiger partial charge in [0.05, 0.1) is 25.9 Å². The molecule has 3 heterocycles. The predicted octanol–water partition coefficient (Wildman–Crippen LogP) is 2.39. The molecule has 5 rings (SSSR count). The predicted molar refractivity (Wildman–Crippen MR) is 123 cm³/mol. The zero-order valence-corrected chi connectivity index (χ0v) is 18.6. The van der Waals surface area contributed by atoms with Crippen LogP contribution in [-0.4, -0.2) is 40.5 Å². The van der Waals surface area contributed by atoms with E-state index in [1.54, 1.807) is 32.4 Å². The SMILES string of the molecule is COc1ccc(C(C)Nc2ncc3c(=O)n(-c4ccc5c(c4)OCO5)c(=O)[nH]c3n2)cc1OC. The third kappa shape index (κ3) is 3.66. The average Bonchev–Trinajstić information content (AvgIpc) is 3.31. The van der Waals surface area contributed by atoms with Crippen molar-refractivity contribution in [3.05, 3.63) is 69.0 Å². The molecule has 1 unspecified atom stereocenters. The maximum absolute atomic E-state index is 13.1. The van der Waals surface area contributed by atoms with Crippen molar-refractivity contribution in [2.24, 2.45) is 0 Å². The quantitative estimate of drug-likeness (QED) is 0.443. The number of aromatic nitrogens is 4. The first-order chi connectivity index (χ1) is 16.5. The second-order valence-electron chi connectivity index (χ2n) is 7.54. The minimum atomic E-state index is -0.631. The molecule has 0 bridgehead atoms. The lowest BCUT2D eigenvalue weighted by Gasteiger charge is -2.16. The standard InChI is InChI=1S/C23H21N5O6/c1-12(13-4-6-16(31-2)18(8-13)32-3)25-22-24-10-15-20(26-22)27-23(30)28(21(15)29)14-5-7-17-19(9-14)34-11-33-17/h4-10,12H,11H2,1-3H3,(H2,24,25,26,27,30).